The van der Waals surface area contributed by atoms with Crippen LogP contribution in [0.25, 0.3) is 22.8 Å². The van der Waals surface area contributed by atoms with E-state index in [0.717, 1.165) is 5.56 Å². The summed E-state index contributed by atoms with van der Waals surface area (Å²) in [4.78, 5) is 15.5. The molecule has 7 nitrogen and oxygen atoms in total. The van der Waals surface area contributed by atoms with Gasteiger partial charge in [-0.15, -0.1) is 0 Å². The number of hydrogen-bond donors (Lipinski definition) is 1. The summed E-state index contributed by atoms with van der Waals surface area (Å²) in [5.74, 6) is 1.47. The number of carbonyl (C=O) groups is 1. The lowest BCUT2D eigenvalue weighted by molar-refractivity contribution is 0.100. The van der Waals surface area contributed by atoms with Crippen molar-refractivity contribution in [2.75, 3.05) is 14.2 Å². The van der Waals surface area contributed by atoms with E-state index < -0.39 is 5.91 Å². The Balaban J connectivity index is 1.91. The summed E-state index contributed by atoms with van der Waals surface area (Å²) < 4.78 is 15.8. The van der Waals surface area contributed by atoms with Crippen LogP contribution in [0.1, 0.15) is 10.4 Å². The number of hydrogen-bond acceptors (Lipinski definition) is 6. The van der Waals surface area contributed by atoms with E-state index in [0.29, 0.717) is 34.3 Å². The fourth-order valence-corrected chi connectivity index (χ4v) is 2.21. The summed E-state index contributed by atoms with van der Waals surface area (Å²) in [6, 6.07) is 12.0. The monoisotopic (exact) mass is 325 g/mol. The SMILES string of the molecule is COc1ccc(-c2noc(-c3ccc(C(N)=O)cc3)n2)cc1OC. The van der Waals surface area contributed by atoms with Crippen molar-refractivity contribution in [1.29, 1.82) is 0 Å². The van der Waals surface area contributed by atoms with Crippen molar-refractivity contribution < 1.29 is 18.8 Å². The van der Waals surface area contributed by atoms with Crippen molar-refractivity contribution >= 4 is 5.91 Å². The summed E-state index contributed by atoms with van der Waals surface area (Å²) in [6.45, 7) is 0. The first-order valence-electron chi connectivity index (χ1n) is 7.08. The highest BCUT2D eigenvalue weighted by Gasteiger charge is 2.13. The standard InChI is InChI=1S/C17H15N3O4/c1-22-13-8-7-12(9-14(13)23-2)16-19-17(24-20-16)11-5-3-10(4-6-11)15(18)21/h3-9H,1-2H3,(H2,18,21). The topological polar surface area (TPSA) is 100 Å². The number of nitrogens with zero attached hydrogens (tertiary/aromatic N) is 2. The molecule has 0 aliphatic carbocycles. The second kappa shape index (κ2) is 6.41. The van der Waals surface area contributed by atoms with Crippen LogP contribution in [-0.4, -0.2) is 30.3 Å². The first kappa shape index (κ1) is 15.5. The predicted molar refractivity (Wildman–Crippen MR) is 86.8 cm³/mol. The molecule has 122 valence electrons. The molecule has 24 heavy (non-hydrogen) atoms. The second-order valence-electron chi connectivity index (χ2n) is 4.93. The van der Waals surface area contributed by atoms with E-state index >= 15 is 0 Å². The number of ether oxygens (including phenoxy) is 2. The molecule has 0 unspecified atom stereocenters. The van der Waals surface area contributed by atoms with Crippen LogP contribution in [0.2, 0.25) is 0 Å². The molecule has 2 aromatic carbocycles. The van der Waals surface area contributed by atoms with Crippen LogP contribution < -0.4 is 15.2 Å². The highest BCUT2D eigenvalue weighted by molar-refractivity contribution is 5.93. The van der Waals surface area contributed by atoms with Gasteiger partial charge in [0.15, 0.2) is 11.5 Å². The fraction of sp³-hybridized carbons (Fsp3) is 0.118. The molecule has 1 aromatic heterocycles. The third-order valence-corrected chi connectivity index (χ3v) is 3.48. The number of benzene rings is 2. The molecular weight excluding hydrogens is 310 g/mol. The first-order valence-corrected chi connectivity index (χ1v) is 7.08. The highest BCUT2D eigenvalue weighted by Crippen LogP contribution is 2.32. The van der Waals surface area contributed by atoms with Gasteiger partial charge in [0, 0.05) is 16.7 Å². The second-order valence-corrected chi connectivity index (χ2v) is 4.93. The van der Waals surface area contributed by atoms with Crippen LogP contribution in [0.15, 0.2) is 47.0 Å². The number of methoxy groups -OCH3 is 2. The lowest BCUT2D eigenvalue weighted by atomic mass is 10.1. The molecule has 2 N–H and O–H groups in total. The van der Waals surface area contributed by atoms with E-state index in [4.69, 9.17) is 19.7 Å². The van der Waals surface area contributed by atoms with Crippen LogP contribution in [0.5, 0.6) is 11.5 Å². The third kappa shape index (κ3) is 2.91. The average molecular weight is 325 g/mol. The molecule has 0 aliphatic rings. The summed E-state index contributed by atoms with van der Waals surface area (Å²) in [6.07, 6.45) is 0. The Kier molecular flexibility index (Phi) is 4.15. The molecule has 0 saturated heterocycles. The zero-order valence-corrected chi connectivity index (χ0v) is 13.1. The third-order valence-electron chi connectivity index (χ3n) is 3.48. The van der Waals surface area contributed by atoms with Crippen molar-refractivity contribution in [1.82, 2.24) is 10.1 Å². The molecule has 3 rings (SSSR count). The molecule has 0 fully saturated rings. The molecule has 0 aliphatic heterocycles. The molecular formula is C17H15N3O4. The summed E-state index contributed by atoms with van der Waals surface area (Å²) in [5, 5.41) is 3.98. The summed E-state index contributed by atoms with van der Waals surface area (Å²) in [7, 11) is 3.13. The van der Waals surface area contributed by atoms with Crippen molar-refractivity contribution in [3.05, 3.63) is 48.0 Å². The van der Waals surface area contributed by atoms with Crippen LogP contribution in [-0.2, 0) is 0 Å². The van der Waals surface area contributed by atoms with Gasteiger partial charge in [-0.2, -0.15) is 4.98 Å². The minimum absolute atomic E-state index is 0.343. The van der Waals surface area contributed by atoms with Crippen LogP contribution in [0.4, 0.5) is 0 Å². The molecule has 7 heteroatoms. The average Bonchev–Trinajstić information content (AvgIpc) is 3.11. The Morgan fingerprint density at radius 1 is 1.00 bits per heavy atom. The van der Waals surface area contributed by atoms with Gasteiger partial charge in [-0.1, -0.05) is 5.16 Å². The zero-order valence-electron chi connectivity index (χ0n) is 13.1. The van der Waals surface area contributed by atoms with Gasteiger partial charge in [0.05, 0.1) is 14.2 Å². The van der Waals surface area contributed by atoms with E-state index in [1.165, 1.54) is 0 Å². The first-order chi connectivity index (χ1) is 11.6. The van der Waals surface area contributed by atoms with Gasteiger partial charge in [-0.05, 0) is 42.5 Å². The van der Waals surface area contributed by atoms with Gasteiger partial charge >= 0.3 is 0 Å². The van der Waals surface area contributed by atoms with Gasteiger partial charge in [0.25, 0.3) is 5.89 Å². The van der Waals surface area contributed by atoms with E-state index in [9.17, 15) is 4.79 Å². The number of primary amides is 1. The normalized spacial score (nSPS) is 10.4. The lowest BCUT2D eigenvalue weighted by Gasteiger charge is -2.07. The van der Waals surface area contributed by atoms with Gasteiger partial charge in [-0.25, -0.2) is 0 Å². The molecule has 0 atom stereocenters. The smallest absolute Gasteiger partial charge is 0.258 e. The van der Waals surface area contributed by atoms with E-state index in [1.807, 2.05) is 6.07 Å². The van der Waals surface area contributed by atoms with Crippen LogP contribution >= 0.6 is 0 Å². The maximum Gasteiger partial charge on any atom is 0.258 e. The molecule has 0 bridgehead atoms. The number of amides is 1. The van der Waals surface area contributed by atoms with Gasteiger partial charge in [0.2, 0.25) is 11.7 Å². The number of aromatic nitrogens is 2. The van der Waals surface area contributed by atoms with Crippen molar-refractivity contribution in [3.63, 3.8) is 0 Å². The van der Waals surface area contributed by atoms with E-state index in [-0.39, 0.29) is 0 Å². The van der Waals surface area contributed by atoms with Gasteiger partial charge in [-0.3, -0.25) is 4.79 Å². The Morgan fingerprint density at radius 3 is 2.29 bits per heavy atom. The van der Waals surface area contributed by atoms with E-state index in [1.54, 1.807) is 50.6 Å². The Hall–Kier alpha value is -3.35. The maximum absolute atomic E-state index is 11.1. The summed E-state index contributed by atoms with van der Waals surface area (Å²) >= 11 is 0. The molecule has 0 radical (unpaired) electrons. The van der Waals surface area contributed by atoms with Crippen molar-refractivity contribution in [2.45, 2.75) is 0 Å². The van der Waals surface area contributed by atoms with Crippen molar-refractivity contribution in [3.8, 4) is 34.3 Å². The molecule has 0 spiro atoms. The molecule has 1 amide bonds. The Labute approximate surface area is 138 Å². The predicted octanol–water partition coefficient (Wildman–Crippen LogP) is 2.52. The summed E-state index contributed by atoms with van der Waals surface area (Å²) in [5.41, 5.74) is 7.06. The van der Waals surface area contributed by atoms with Crippen LogP contribution in [0.3, 0.4) is 0 Å². The quantitative estimate of drug-likeness (QED) is 0.773. The molecule has 1 heterocycles. The Bertz CT molecular complexity index is 872. The highest BCUT2D eigenvalue weighted by atomic mass is 16.5. The number of rotatable bonds is 5. The van der Waals surface area contributed by atoms with E-state index in [2.05, 4.69) is 10.1 Å². The number of carbonyl (C=O) groups excluding carboxylic acids is 1. The Morgan fingerprint density at radius 2 is 1.67 bits per heavy atom. The maximum atomic E-state index is 11.1. The zero-order chi connectivity index (χ0) is 17.1. The molecule has 0 saturated carbocycles. The lowest BCUT2D eigenvalue weighted by Crippen LogP contribution is -2.10. The van der Waals surface area contributed by atoms with Crippen LogP contribution in [0, 0.1) is 0 Å². The van der Waals surface area contributed by atoms with Crippen molar-refractivity contribution in [2.24, 2.45) is 5.73 Å². The van der Waals surface area contributed by atoms with Gasteiger partial charge in [0.1, 0.15) is 0 Å². The largest absolute Gasteiger partial charge is 0.493 e. The van der Waals surface area contributed by atoms with Gasteiger partial charge < -0.3 is 19.7 Å². The fourth-order valence-electron chi connectivity index (χ4n) is 2.21. The number of nitrogens with two attached hydrogens (primary N) is 1. The molecule has 3 aromatic rings. The minimum Gasteiger partial charge on any atom is -0.493 e. The minimum atomic E-state index is -0.488.